The molecule has 2 aliphatic rings. The zero-order chi connectivity index (χ0) is 18.0. The van der Waals surface area contributed by atoms with Crippen LogP contribution in [0.15, 0.2) is 30.3 Å². The summed E-state index contributed by atoms with van der Waals surface area (Å²) in [5.74, 6) is -0.192. The molecule has 3 rings (SSSR count). The summed E-state index contributed by atoms with van der Waals surface area (Å²) in [5.41, 5.74) is 0.638. The Balaban J connectivity index is 1.67. The van der Waals surface area contributed by atoms with E-state index in [1.807, 2.05) is 18.2 Å². The summed E-state index contributed by atoms with van der Waals surface area (Å²) in [5, 5.41) is 0. The van der Waals surface area contributed by atoms with E-state index >= 15 is 0 Å². The molecule has 7 heteroatoms. The number of benzene rings is 1. The van der Waals surface area contributed by atoms with E-state index in [2.05, 4.69) is 0 Å². The van der Waals surface area contributed by atoms with Crippen molar-refractivity contribution in [1.29, 1.82) is 0 Å². The summed E-state index contributed by atoms with van der Waals surface area (Å²) in [6, 6.07) is 8.71. The first-order valence-corrected chi connectivity index (χ1v) is 10.6. The first-order valence-electron chi connectivity index (χ1n) is 8.73. The molecule has 6 nitrogen and oxygen atoms in total. The van der Waals surface area contributed by atoms with Crippen LogP contribution in [0, 0.1) is 5.92 Å². The average Bonchev–Trinajstić information content (AvgIpc) is 3.10. The maximum absolute atomic E-state index is 12.9. The van der Waals surface area contributed by atoms with Gasteiger partial charge >= 0.3 is 0 Å². The predicted molar refractivity (Wildman–Crippen MR) is 94.6 cm³/mol. The highest BCUT2D eigenvalue weighted by Gasteiger charge is 2.38. The van der Waals surface area contributed by atoms with E-state index in [1.54, 1.807) is 17.0 Å². The number of ketones is 1. The van der Waals surface area contributed by atoms with Crippen molar-refractivity contribution >= 4 is 21.7 Å². The first-order chi connectivity index (χ1) is 11.9. The molecule has 0 aliphatic carbocycles. The Morgan fingerprint density at radius 2 is 1.64 bits per heavy atom. The Labute approximate surface area is 148 Å². The number of nitrogens with zero attached hydrogens (tertiary/aromatic N) is 2. The van der Waals surface area contributed by atoms with Crippen LogP contribution in [0.2, 0.25) is 0 Å². The van der Waals surface area contributed by atoms with E-state index in [-0.39, 0.29) is 23.7 Å². The Morgan fingerprint density at radius 1 is 1.00 bits per heavy atom. The van der Waals surface area contributed by atoms with Gasteiger partial charge in [-0.3, -0.25) is 9.59 Å². The molecule has 1 aromatic carbocycles. The minimum Gasteiger partial charge on any atom is -0.332 e. The molecule has 0 bridgehead atoms. The fourth-order valence-corrected chi connectivity index (χ4v) is 4.64. The van der Waals surface area contributed by atoms with Crippen LogP contribution < -0.4 is 0 Å². The molecule has 0 N–H and O–H groups in total. The number of piperidine rings is 1. The molecule has 0 aromatic heterocycles. The van der Waals surface area contributed by atoms with Gasteiger partial charge in [0.2, 0.25) is 15.9 Å². The lowest BCUT2D eigenvalue weighted by molar-refractivity contribution is -0.136. The Kier molecular flexibility index (Phi) is 5.24. The molecular weight excluding hydrogens is 340 g/mol. The molecule has 1 aromatic rings. The van der Waals surface area contributed by atoms with Crippen molar-refractivity contribution in [2.45, 2.75) is 31.7 Å². The van der Waals surface area contributed by atoms with Gasteiger partial charge in [0.05, 0.1) is 12.3 Å². The van der Waals surface area contributed by atoms with Crippen molar-refractivity contribution in [2.75, 3.05) is 25.9 Å². The average molecular weight is 364 g/mol. The van der Waals surface area contributed by atoms with Crippen molar-refractivity contribution in [3.05, 3.63) is 35.9 Å². The van der Waals surface area contributed by atoms with Crippen LogP contribution >= 0.6 is 0 Å². The van der Waals surface area contributed by atoms with Gasteiger partial charge in [0.1, 0.15) is 0 Å². The smallest absolute Gasteiger partial charge is 0.226 e. The van der Waals surface area contributed by atoms with E-state index < -0.39 is 10.0 Å². The second kappa shape index (κ2) is 7.25. The quantitative estimate of drug-likeness (QED) is 0.760. The Bertz CT molecular complexity index is 740. The molecular formula is C18H24N2O4S. The SMILES string of the molecule is CS(=O)(=O)N1CCC(C(=O)N2CCCC2C(=O)c2ccccc2)CC1. The van der Waals surface area contributed by atoms with Gasteiger partial charge in [-0.1, -0.05) is 30.3 Å². The van der Waals surface area contributed by atoms with Crippen molar-refractivity contribution in [2.24, 2.45) is 5.92 Å². The van der Waals surface area contributed by atoms with Crippen LogP contribution in [0.5, 0.6) is 0 Å². The highest BCUT2D eigenvalue weighted by molar-refractivity contribution is 7.88. The summed E-state index contributed by atoms with van der Waals surface area (Å²) >= 11 is 0. The van der Waals surface area contributed by atoms with E-state index in [4.69, 9.17) is 0 Å². The zero-order valence-corrected chi connectivity index (χ0v) is 15.2. The molecule has 1 amide bonds. The zero-order valence-electron chi connectivity index (χ0n) is 14.4. The van der Waals surface area contributed by atoms with Crippen LogP contribution in [-0.2, 0) is 14.8 Å². The Hall–Kier alpha value is -1.73. The number of hydrogen-bond donors (Lipinski definition) is 0. The topological polar surface area (TPSA) is 74.8 Å². The maximum atomic E-state index is 12.9. The van der Waals surface area contributed by atoms with Crippen molar-refractivity contribution < 1.29 is 18.0 Å². The molecule has 0 radical (unpaired) electrons. The third-order valence-electron chi connectivity index (χ3n) is 5.17. The van der Waals surface area contributed by atoms with Crippen molar-refractivity contribution in [1.82, 2.24) is 9.21 Å². The molecule has 136 valence electrons. The lowest BCUT2D eigenvalue weighted by Crippen LogP contribution is -2.47. The highest BCUT2D eigenvalue weighted by atomic mass is 32.2. The Morgan fingerprint density at radius 3 is 2.24 bits per heavy atom. The third kappa shape index (κ3) is 3.93. The van der Waals surface area contributed by atoms with Gasteiger partial charge in [-0.05, 0) is 25.7 Å². The summed E-state index contributed by atoms with van der Waals surface area (Å²) in [6.45, 7) is 1.36. The summed E-state index contributed by atoms with van der Waals surface area (Å²) < 4.78 is 24.6. The summed E-state index contributed by atoms with van der Waals surface area (Å²) in [6.07, 6.45) is 3.77. The second-order valence-corrected chi connectivity index (χ2v) is 8.84. The first kappa shape index (κ1) is 18.1. The highest BCUT2D eigenvalue weighted by Crippen LogP contribution is 2.27. The normalized spacial score (nSPS) is 22.9. The van der Waals surface area contributed by atoms with E-state index in [9.17, 15) is 18.0 Å². The third-order valence-corrected chi connectivity index (χ3v) is 6.47. The number of likely N-dealkylation sites (tertiary alicyclic amines) is 1. The molecule has 25 heavy (non-hydrogen) atoms. The molecule has 2 aliphatic heterocycles. The predicted octanol–water partition coefficient (Wildman–Crippen LogP) is 1.53. The number of carbonyl (C=O) groups excluding carboxylic acids is 2. The van der Waals surface area contributed by atoms with Crippen molar-refractivity contribution in [3.63, 3.8) is 0 Å². The minimum atomic E-state index is -3.20. The fraction of sp³-hybridized carbons (Fsp3) is 0.556. The monoisotopic (exact) mass is 364 g/mol. The van der Waals surface area contributed by atoms with Gasteiger partial charge < -0.3 is 4.90 Å². The number of carbonyl (C=O) groups is 2. The molecule has 1 atom stereocenters. The summed E-state index contributed by atoms with van der Waals surface area (Å²) in [7, 11) is -3.20. The maximum Gasteiger partial charge on any atom is 0.226 e. The lowest BCUT2D eigenvalue weighted by Gasteiger charge is -2.33. The number of sulfonamides is 1. The number of hydrogen-bond acceptors (Lipinski definition) is 4. The van der Waals surface area contributed by atoms with E-state index in [0.717, 1.165) is 6.42 Å². The molecule has 1 unspecified atom stereocenters. The molecule has 2 fully saturated rings. The van der Waals surface area contributed by atoms with Gasteiger partial charge in [-0.15, -0.1) is 0 Å². The summed E-state index contributed by atoms with van der Waals surface area (Å²) in [4.78, 5) is 27.4. The molecule has 0 spiro atoms. The standard InChI is InChI=1S/C18H24N2O4S/c1-25(23,24)19-12-9-15(10-13-19)18(22)20-11-5-8-16(20)17(21)14-6-3-2-4-7-14/h2-4,6-7,15-16H,5,8-13H2,1H3. The van der Waals surface area contributed by atoms with Gasteiger partial charge in [-0.25, -0.2) is 12.7 Å². The fourth-order valence-electron chi connectivity index (χ4n) is 3.77. The molecule has 2 heterocycles. The van der Waals surface area contributed by atoms with Gasteiger partial charge in [0.25, 0.3) is 0 Å². The van der Waals surface area contributed by atoms with Gasteiger partial charge in [0, 0.05) is 31.1 Å². The van der Waals surface area contributed by atoms with Crippen LogP contribution in [0.1, 0.15) is 36.0 Å². The van der Waals surface area contributed by atoms with Gasteiger partial charge in [0.15, 0.2) is 5.78 Å². The number of amides is 1. The van der Waals surface area contributed by atoms with Crippen LogP contribution in [0.25, 0.3) is 0 Å². The van der Waals surface area contributed by atoms with Gasteiger partial charge in [-0.2, -0.15) is 0 Å². The second-order valence-electron chi connectivity index (χ2n) is 6.86. The van der Waals surface area contributed by atoms with Crippen LogP contribution in [0.4, 0.5) is 0 Å². The van der Waals surface area contributed by atoms with E-state index in [0.29, 0.717) is 44.5 Å². The molecule has 0 saturated carbocycles. The largest absolute Gasteiger partial charge is 0.332 e. The number of rotatable bonds is 4. The lowest BCUT2D eigenvalue weighted by atomic mass is 9.95. The van der Waals surface area contributed by atoms with Crippen molar-refractivity contribution in [3.8, 4) is 0 Å². The minimum absolute atomic E-state index is 0.0000203. The molecule has 2 saturated heterocycles. The van der Waals surface area contributed by atoms with Crippen LogP contribution in [-0.4, -0.2) is 61.2 Å². The number of Topliss-reactive ketones (excluding diaryl/α,β-unsaturated/α-hetero) is 1. The van der Waals surface area contributed by atoms with E-state index in [1.165, 1.54) is 10.6 Å². The van der Waals surface area contributed by atoms with Crippen LogP contribution in [0.3, 0.4) is 0 Å².